The first-order valence-electron chi connectivity index (χ1n) is 8.15. The Balaban J connectivity index is 2.09. The number of esters is 1. The van der Waals surface area contributed by atoms with E-state index in [9.17, 15) is 14.0 Å². The van der Waals surface area contributed by atoms with Gasteiger partial charge in [0.05, 0.1) is 17.2 Å². The molecule has 0 spiro atoms. The maximum atomic E-state index is 13.7. The lowest BCUT2D eigenvalue weighted by Gasteiger charge is -2.18. The Bertz CT molecular complexity index is 797. The molecule has 26 heavy (non-hydrogen) atoms. The number of halogens is 2. The largest absolute Gasteiger partial charge is 0.478 e. The van der Waals surface area contributed by atoms with Gasteiger partial charge >= 0.3 is 5.97 Å². The van der Waals surface area contributed by atoms with E-state index in [1.165, 1.54) is 36.4 Å². The van der Waals surface area contributed by atoms with E-state index in [4.69, 9.17) is 21.1 Å². The summed E-state index contributed by atoms with van der Waals surface area (Å²) in [5.74, 6) is -1.52. The third-order valence-corrected chi connectivity index (χ3v) is 3.81. The molecule has 0 heterocycles. The van der Waals surface area contributed by atoms with Gasteiger partial charge in [0.15, 0.2) is 17.7 Å². The molecule has 1 atom stereocenters. The normalized spacial score (nSPS) is 11.5. The predicted molar refractivity (Wildman–Crippen MR) is 97.1 cm³/mol. The second kappa shape index (κ2) is 9.20. The molecule has 5 nitrogen and oxygen atoms in total. The maximum absolute atomic E-state index is 13.7. The third-order valence-electron chi connectivity index (χ3n) is 3.50. The summed E-state index contributed by atoms with van der Waals surface area (Å²) in [5, 5.41) is 2.81. The number of amides is 1. The average Bonchev–Trinajstić information content (AvgIpc) is 2.61. The SMILES string of the molecule is CCOC(=O)c1ccc(NC(=O)[C@H](CC)Oc2ccccc2F)cc1Cl. The molecule has 1 amide bonds. The second-order valence-electron chi connectivity index (χ2n) is 5.35. The predicted octanol–water partition coefficient (Wildman–Crippen LogP) is 4.45. The highest BCUT2D eigenvalue weighted by Gasteiger charge is 2.21. The molecule has 1 N–H and O–H groups in total. The third kappa shape index (κ3) is 4.95. The number of benzene rings is 2. The van der Waals surface area contributed by atoms with Crippen LogP contribution in [0.3, 0.4) is 0 Å². The molecule has 0 aliphatic heterocycles. The Morgan fingerprint density at radius 1 is 1.19 bits per heavy atom. The van der Waals surface area contributed by atoms with E-state index in [1.807, 2.05) is 0 Å². The Hall–Kier alpha value is -2.60. The molecule has 0 radical (unpaired) electrons. The zero-order valence-electron chi connectivity index (χ0n) is 14.4. The summed E-state index contributed by atoms with van der Waals surface area (Å²) in [6.45, 7) is 3.68. The van der Waals surface area contributed by atoms with Crippen LogP contribution >= 0.6 is 11.6 Å². The Morgan fingerprint density at radius 3 is 2.54 bits per heavy atom. The molecule has 0 saturated carbocycles. The molecule has 0 aromatic heterocycles. The van der Waals surface area contributed by atoms with Crippen molar-refractivity contribution in [3.8, 4) is 5.75 Å². The van der Waals surface area contributed by atoms with E-state index in [0.29, 0.717) is 12.1 Å². The van der Waals surface area contributed by atoms with Crippen molar-refractivity contribution in [1.82, 2.24) is 0 Å². The van der Waals surface area contributed by atoms with Crippen LogP contribution in [0.5, 0.6) is 5.75 Å². The molecule has 0 aliphatic rings. The quantitative estimate of drug-likeness (QED) is 0.722. The van der Waals surface area contributed by atoms with Crippen LogP contribution in [0.2, 0.25) is 5.02 Å². The molecule has 0 saturated heterocycles. The topological polar surface area (TPSA) is 64.6 Å². The fourth-order valence-corrected chi connectivity index (χ4v) is 2.46. The van der Waals surface area contributed by atoms with Gasteiger partial charge in [-0.1, -0.05) is 30.7 Å². The summed E-state index contributed by atoms with van der Waals surface area (Å²) in [4.78, 5) is 24.1. The molecule has 0 fully saturated rings. The number of hydrogen-bond donors (Lipinski definition) is 1. The summed E-state index contributed by atoms with van der Waals surface area (Å²) in [5.41, 5.74) is 0.602. The Labute approximate surface area is 156 Å². The summed E-state index contributed by atoms with van der Waals surface area (Å²) >= 11 is 6.07. The highest BCUT2D eigenvalue weighted by molar-refractivity contribution is 6.34. The smallest absolute Gasteiger partial charge is 0.339 e. The van der Waals surface area contributed by atoms with Crippen molar-refractivity contribution in [2.24, 2.45) is 0 Å². The van der Waals surface area contributed by atoms with Crippen molar-refractivity contribution >= 4 is 29.2 Å². The number of carbonyl (C=O) groups excluding carboxylic acids is 2. The fourth-order valence-electron chi connectivity index (χ4n) is 2.21. The van der Waals surface area contributed by atoms with Crippen molar-refractivity contribution in [2.75, 3.05) is 11.9 Å². The summed E-state index contributed by atoms with van der Waals surface area (Å²) in [7, 11) is 0. The van der Waals surface area contributed by atoms with E-state index in [1.54, 1.807) is 19.9 Å². The minimum atomic E-state index is -0.879. The first kappa shape index (κ1) is 19.7. The van der Waals surface area contributed by atoms with Crippen LogP contribution in [0.1, 0.15) is 30.6 Å². The lowest BCUT2D eigenvalue weighted by Crippen LogP contribution is -2.32. The van der Waals surface area contributed by atoms with E-state index in [-0.39, 0.29) is 22.9 Å². The maximum Gasteiger partial charge on any atom is 0.339 e. The van der Waals surface area contributed by atoms with Gasteiger partial charge in [-0.2, -0.15) is 0 Å². The van der Waals surface area contributed by atoms with Gasteiger partial charge in [0, 0.05) is 5.69 Å². The van der Waals surface area contributed by atoms with Crippen molar-refractivity contribution < 1.29 is 23.5 Å². The minimum Gasteiger partial charge on any atom is -0.478 e. The number of hydrogen-bond acceptors (Lipinski definition) is 4. The molecule has 0 unspecified atom stereocenters. The number of para-hydroxylation sites is 1. The number of anilines is 1. The molecule has 7 heteroatoms. The first-order valence-corrected chi connectivity index (χ1v) is 8.52. The fraction of sp³-hybridized carbons (Fsp3) is 0.263. The van der Waals surface area contributed by atoms with Crippen molar-refractivity contribution in [3.05, 3.63) is 58.9 Å². The molecule has 2 aromatic carbocycles. The average molecular weight is 380 g/mol. The molecular formula is C19H19ClFNO4. The standard InChI is InChI=1S/C19H19ClFNO4/c1-3-16(26-17-8-6-5-7-15(17)21)18(23)22-12-9-10-13(14(20)11-12)19(24)25-4-2/h5-11,16H,3-4H2,1-2H3,(H,22,23)/t16-/m0/s1. The molecular weight excluding hydrogens is 361 g/mol. The first-order chi connectivity index (χ1) is 12.5. The highest BCUT2D eigenvalue weighted by Crippen LogP contribution is 2.23. The monoisotopic (exact) mass is 379 g/mol. The Morgan fingerprint density at radius 2 is 1.92 bits per heavy atom. The molecule has 0 aliphatic carbocycles. The molecule has 2 aromatic rings. The summed E-state index contributed by atoms with van der Waals surface area (Å²) < 4.78 is 24.0. The van der Waals surface area contributed by atoms with Crippen LogP contribution in [0.15, 0.2) is 42.5 Å². The van der Waals surface area contributed by atoms with E-state index >= 15 is 0 Å². The lowest BCUT2D eigenvalue weighted by molar-refractivity contribution is -0.122. The van der Waals surface area contributed by atoms with Gasteiger partial charge in [-0.15, -0.1) is 0 Å². The lowest BCUT2D eigenvalue weighted by atomic mass is 10.2. The van der Waals surface area contributed by atoms with Gasteiger partial charge in [0.2, 0.25) is 0 Å². The zero-order chi connectivity index (χ0) is 19.1. The number of rotatable bonds is 7. The van der Waals surface area contributed by atoms with Gasteiger partial charge in [-0.25, -0.2) is 9.18 Å². The van der Waals surface area contributed by atoms with Gasteiger partial charge < -0.3 is 14.8 Å². The van der Waals surface area contributed by atoms with Crippen molar-refractivity contribution in [1.29, 1.82) is 0 Å². The summed E-state index contributed by atoms with van der Waals surface area (Å²) in [6.07, 6.45) is -0.537. The van der Waals surface area contributed by atoms with Crippen molar-refractivity contribution in [2.45, 2.75) is 26.4 Å². The highest BCUT2D eigenvalue weighted by atomic mass is 35.5. The van der Waals surface area contributed by atoms with Crippen molar-refractivity contribution in [3.63, 3.8) is 0 Å². The van der Waals surface area contributed by atoms with Crippen LogP contribution in [0.25, 0.3) is 0 Å². The Kier molecular flexibility index (Phi) is 6.97. The molecule has 2 rings (SSSR count). The van der Waals surface area contributed by atoms with Crippen LogP contribution in [-0.4, -0.2) is 24.6 Å². The molecule has 138 valence electrons. The number of carbonyl (C=O) groups is 2. The van der Waals surface area contributed by atoms with E-state index < -0.39 is 23.8 Å². The van der Waals surface area contributed by atoms with E-state index in [0.717, 1.165) is 0 Å². The van der Waals surface area contributed by atoms with E-state index in [2.05, 4.69) is 5.32 Å². The van der Waals surface area contributed by atoms with Gasteiger partial charge in [0.25, 0.3) is 5.91 Å². The zero-order valence-corrected chi connectivity index (χ0v) is 15.2. The second-order valence-corrected chi connectivity index (χ2v) is 5.76. The van der Waals surface area contributed by atoms with Gasteiger partial charge in [-0.3, -0.25) is 4.79 Å². The van der Waals surface area contributed by atoms with Crippen LogP contribution < -0.4 is 10.1 Å². The van der Waals surface area contributed by atoms with Gasteiger partial charge in [0.1, 0.15) is 0 Å². The van der Waals surface area contributed by atoms with Crippen LogP contribution in [0, 0.1) is 5.82 Å². The molecule has 0 bridgehead atoms. The minimum absolute atomic E-state index is 0.00481. The summed E-state index contributed by atoms with van der Waals surface area (Å²) in [6, 6.07) is 10.3. The van der Waals surface area contributed by atoms with Crippen LogP contribution in [0.4, 0.5) is 10.1 Å². The number of ether oxygens (including phenoxy) is 2. The van der Waals surface area contributed by atoms with Gasteiger partial charge in [-0.05, 0) is 43.7 Å². The van der Waals surface area contributed by atoms with Crippen LogP contribution in [-0.2, 0) is 9.53 Å². The number of nitrogens with one attached hydrogen (secondary N) is 1.